The van der Waals surface area contributed by atoms with Crippen molar-refractivity contribution < 1.29 is 9.18 Å². The van der Waals surface area contributed by atoms with Crippen LogP contribution in [0.15, 0.2) is 40.9 Å². The highest BCUT2D eigenvalue weighted by molar-refractivity contribution is 14.1. The Kier molecular flexibility index (Phi) is 4.57. The zero-order chi connectivity index (χ0) is 14.0. The largest absolute Gasteiger partial charge is 0.322 e. The molecule has 0 aliphatic heterocycles. The van der Waals surface area contributed by atoms with Crippen LogP contribution >= 0.6 is 38.5 Å². The van der Waals surface area contributed by atoms with Gasteiger partial charge in [-0.1, -0.05) is 6.07 Å². The number of benzene rings is 2. The molecule has 0 aliphatic carbocycles. The van der Waals surface area contributed by atoms with Gasteiger partial charge in [0.05, 0.1) is 4.47 Å². The van der Waals surface area contributed by atoms with Crippen molar-refractivity contribution in [2.45, 2.75) is 6.92 Å². The Morgan fingerprint density at radius 3 is 2.74 bits per heavy atom. The first-order chi connectivity index (χ1) is 8.97. The molecule has 2 aromatic rings. The van der Waals surface area contributed by atoms with Crippen LogP contribution in [0.3, 0.4) is 0 Å². The van der Waals surface area contributed by atoms with E-state index < -0.39 is 5.82 Å². The zero-order valence-corrected chi connectivity index (χ0v) is 13.7. The molecule has 5 heteroatoms. The molecule has 0 atom stereocenters. The highest BCUT2D eigenvalue weighted by Crippen LogP contribution is 2.24. The number of nitrogens with one attached hydrogen (secondary N) is 1. The second-order valence-corrected chi connectivity index (χ2v) is 6.15. The second-order valence-electron chi connectivity index (χ2n) is 4.05. The van der Waals surface area contributed by atoms with E-state index in [1.807, 2.05) is 19.1 Å². The molecule has 1 N–H and O–H groups in total. The summed E-state index contributed by atoms with van der Waals surface area (Å²) in [5.41, 5.74) is 1.83. The Hall–Kier alpha value is -0.950. The zero-order valence-electron chi connectivity index (χ0n) is 10.0. The molecule has 0 heterocycles. The first kappa shape index (κ1) is 14.5. The average Bonchev–Trinajstić information content (AvgIpc) is 2.36. The molecule has 0 radical (unpaired) electrons. The molecule has 0 unspecified atom stereocenters. The number of halogens is 3. The molecular weight excluding hydrogens is 424 g/mol. The minimum atomic E-state index is -0.399. The van der Waals surface area contributed by atoms with E-state index in [0.717, 1.165) is 9.13 Å². The molecule has 2 rings (SSSR count). The van der Waals surface area contributed by atoms with Crippen LogP contribution < -0.4 is 5.32 Å². The predicted molar refractivity (Wildman–Crippen MR) is 85.9 cm³/mol. The molecule has 98 valence electrons. The van der Waals surface area contributed by atoms with Gasteiger partial charge in [0.1, 0.15) is 5.82 Å². The molecule has 0 aromatic heterocycles. The second kappa shape index (κ2) is 6.00. The monoisotopic (exact) mass is 433 g/mol. The maximum absolute atomic E-state index is 13.5. The number of amides is 1. The van der Waals surface area contributed by atoms with Crippen LogP contribution in [0.4, 0.5) is 10.1 Å². The molecule has 0 saturated heterocycles. The number of anilines is 1. The summed E-state index contributed by atoms with van der Waals surface area (Å²) in [4.78, 5) is 12.1. The predicted octanol–water partition coefficient (Wildman–Crippen LogP) is 4.75. The Bertz CT molecular complexity index is 645. The molecule has 2 nitrogen and oxygen atoms in total. The topological polar surface area (TPSA) is 29.1 Å². The molecule has 0 aliphatic rings. The molecule has 1 amide bonds. The summed E-state index contributed by atoms with van der Waals surface area (Å²) >= 11 is 5.25. The van der Waals surface area contributed by atoms with Crippen molar-refractivity contribution in [3.8, 4) is 0 Å². The van der Waals surface area contributed by atoms with E-state index in [1.165, 1.54) is 6.07 Å². The molecule has 2 aromatic carbocycles. The molecular formula is C14H10BrFINO. The van der Waals surface area contributed by atoms with Crippen LogP contribution in [0.2, 0.25) is 0 Å². The third-order valence-electron chi connectivity index (χ3n) is 2.60. The number of hydrogen-bond acceptors (Lipinski definition) is 1. The maximum atomic E-state index is 13.5. The van der Waals surface area contributed by atoms with Crippen molar-refractivity contribution in [3.63, 3.8) is 0 Å². The maximum Gasteiger partial charge on any atom is 0.255 e. The van der Waals surface area contributed by atoms with Crippen LogP contribution in [0, 0.1) is 16.3 Å². The number of rotatable bonds is 2. The number of carbonyl (C=O) groups is 1. The lowest BCUT2D eigenvalue weighted by atomic mass is 10.1. The first-order valence-electron chi connectivity index (χ1n) is 5.50. The number of hydrogen-bond donors (Lipinski definition) is 1. The standard InChI is InChI=1S/C14H10BrFINO/c1-8-5-11(15)12(16)7-13(8)18-14(19)9-3-2-4-10(17)6-9/h2-7H,1H3,(H,18,19). The number of aryl methyl sites for hydroxylation is 1. The van der Waals surface area contributed by atoms with Crippen LogP contribution in [0.5, 0.6) is 0 Å². The summed E-state index contributed by atoms with van der Waals surface area (Å²) in [5.74, 6) is -0.646. The van der Waals surface area contributed by atoms with Gasteiger partial charge in [-0.05, 0) is 81.3 Å². The van der Waals surface area contributed by atoms with Gasteiger partial charge in [0.2, 0.25) is 0 Å². The van der Waals surface area contributed by atoms with Crippen molar-refractivity contribution in [2.24, 2.45) is 0 Å². The van der Waals surface area contributed by atoms with Gasteiger partial charge in [-0.15, -0.1) is 0 Å². The first-order valence-corrected chi connectivity index (χ1v) is 7.37. The van der Waals surface area contributed by atoms with E-state index in [4.69, 9.17) is 0 Å². The van der Waals surface area contributed by atoms with Crippen molar-refractivity contribution >= 4 is 50.1 Å². The fraction of sp³-hybridized carbons (Fsp3) is 0.0714. The summed E-state index contributed by atoms with van der Waals surface area (Å²) in [6, 6.07) is 10.2. The van der Waals surface area contributed by atoms with E-state index in [1.54, 1.807) is 18.2 Å². The van der Waals surface area contributed by atoms with Crippen LogP contribution in [-0.4, -0.2) is 5.91 Å². The lowest BCUT2D eigenvalue weighted by Gasteiger charge is -2.09. The molecule has 0 fully saturated rings. The Morgan fingerprint density at radius 2 is 2.05 bits per heavy atom. The van der Waals surface area contributed by atoms with Crippen LogP contribution in [0.1, 0.15) is 15.9 Å². The van der Waals surface area contributed by atoms with E-state index in [2.05, 4.69) is 43.8 Å². The summed E-state index contributed by atoms with van der Waals surface area (Å²) in [7, 11) is 0. The van der Waals surface area contributed by atoms with Gasteiger partial charge in [0.15, 0.2) is 0 Å². The minimum Gasteiger partial charge on any atom is -0.322 e. The fourth-order valence-electron chi connectivity index (χ4n) is 1.61. The van der Waals surface area contributed by atoms with Crippen molar-refractivity contribution in [2.75, 3.05) is 5.32 Å². The number of carbonyl (C=O) groups excluding carboxylic acids is 1. The lowest BCUT2D eigenvalue weighted by molar-refractivity contribution is 0.102. The smallest absolute Gasteiger partial charge is 0.255 e. The van der Waals surface area contributed by atoms with Gasteiger partial charge in [0.25, 0.3) is 5.91 Å². The van der Waals surface area contributed by atoms with Gasteiger partial charge < -0.3 is 5.32 Å². The average molecular weight is 434 g/mol. The minimum absolute atomic E-state index is 0.247. The van der Waals surface area contributed by atoms with E-state index >= 15 is 0 Å². The highest BCUT2D eigenvalue weighted by atomic mass is 127. The van der Waals surface area contributed by atoms with E-state index in [0.29, 0.717) is 15.7 Å². The van der Waals surface area contributed by atoms with Crippen LogP contribution in [-0.2, 0) is 0 Å². The normalized spacial score (nSPS) is 10.3. The fourth-order valence-corrected chi connectivity index (χ4v) is 2.61. The molecule has 19 heavy (non-hydrogen) atoms. The van der Waals surface area contributed by atoms with Crippen molar-refractivity contribution in [1.29, 1.82) is 0 Å². The molecule has 0 bridgehead atoms. The highest BCUT2D eigenvalue weighted by Gasteiger charge is 2.10. The Morgan fingerprint density at radius 1 is 1.32 bits per heavy atom. The summed E-state index contributed by atoms with van der Waals surface area (Å²) in [6.45, 7) is 1.81. The van der Waals surface area contributed by atoms with Gasteiger partial charge in [0, 0.05) is 14.8 Å². The quantitative estimate of drug-likeness (QED) is 0.680. The molecule has 0 spiro atoms. The van der Waals surface area contributed by atoms with Gasteiger partial charge in [-0.2, -0.15) is 0 Å². The van der Waals surface area contributed by atoms with Gasteiger partial charge >= 0.3 is 0 Å². The Balaban J connectivity index is 2.27. The lowest BCUT2D eigenvalue weighted by Crippen LogP contribution is -2.13. The summed E-state index contributed by atoms with van der Waals surface area (Å²) in [5, 5.41) is 2.72. The van der Waals surface area contributed by atoms with Crippen molar-refractivity contribution in [3.05, 3.63) is 61.4 Å². The summed E-state index contributed by atoms with van der Waals surface area (Å²) < 4.78 is 14.8. The van der Waals surface area contributed by atoms with Gasteiger partial charge in [-0.3, -0.25) is 4.79 Å². The third kappa shape index (κ3) is 3.54. The third-order valence-corrected chi connectivity index (χ3v) is 3.88. The van der Waals surface area contributed by atoms with Gasteiger partial charge in [-0.25, -0.2) is 4.39 Å². The Labute approximate surface area is 132 Å². The summed E-state index contributed by atoms with van der Waals surface area (Å²) in [6.07, 6.45) is 0. The SMILES string of the molecule is Cc1cc(Br)c(F)cc1NC(=O)c1cccc(I)c1. The van der Waals surface area contributed by atoms with E-state index in [9.17, 15) is 9.18 Å². The van der Waals surface area contributed by atoms with Crippen molar-refractivity contribution in [1.82, 2.24) is 0 Å². The van der Waals surface area contributed by atoms with E-state index in [-0.39, 0.29) is 5.91 Å². The molecule has 0 saturated carbocycles. The van der Waals surface area contributed by atoms with Crippen LogP contribution in [0.25, 0.3) is 0 Å².